The van der Waals surface area contributed by atoms with Gasteiger partial charge in [-0.1, -0.05) is 36.8 Å². The lowest BCUT2D eigenvalue weighted by Crippen LogP contribution is -2.27. The molecule has 0 aromatic heterocycles. The molecule has 2 heteroatoms. The molecule has 1 aliphatic rings. The van der Waals surface area contributed by atoms with Crippen LogP contribution in [0.3, 0.4) is 0 Å². The summed E-state index contributed by atoms with van der Waals surface area (Å²) in [4.78, 5) is 14.2. The second-order valence-corrected chi connectivity index (χ2v) is 4.92. The number of Topliss-reactive ketones (excluding diaryl/α,β-unsaturated/α-hetero) is 1. The van der Waals surface area contributed by atoms with Gasteiger partial charge < -0.3 is 0 Å². The zero-order valence-electron chi connectivity index (χ0n) is 10.1. The Hall–Kier alpha value is -1.15. The molecule has 2 nitrogen and oxygen atoms in total. The summed E-state index contributed by atoms with van der Waals surface area (Å²) in [6.07, 6.45) is 1.22. The number of rotatable bonds is 3. The smallest absolute Gasteiger partial charge is 0.176 e. The standard InChI is InChI=1S/C14H19NO/c1-11-3-5-13(6-4-11)14(16)10-15-8-7-12(2)9-15/h3-6,12H,7-10H2,1-2H3. The fraction of sp³-hybridized carbons (Fsp3) is 0.500. The minimum atomic E-state index is 0.245. The van der Waals surface area contributed by atoms with Gasteiger partial charge in [-0.2, -0.15) is 0 Å². The zero-order valence-corrected chi connectivity index (χ0v) is 10.1. The highest BCUT2D eigenvalue weighted by Gasteiger charge is 2.20. The van der Waals surface area contributed by atoms with Crippen LogP contribution in [0.1, 0.15) is 29.3 Å². The van der Waals surface area contributed by atoms with E-state index in [9.17, 15) is 4.79 Å². The van der Waals surface area contributed by atoms with Crippen LogP contribution in [0, 0.1) is 12.8 Å². The molecule has 0 spiro atoms. The van der Waals surface area contributed by atoms with E-state index in [1.54, 1.807) is 0 Å². The molecule has 1 aliphatic heterocycles. The number of benzene rings is 1. The van der Waals surface area contributed by atoms with Crippen molar-refractivity contribution in [3.63, 3.8) is 0 Å². The van der Waals surface area contributed by atoms with Crippen molar-refractivity contribution in [3.8, 4) is 0 Å². The van der Waals surface area contributed by atoms with Crippen LogP contribution in [0.15, 0.2) is 24.3 Å². The molecule has 0 saturated carbocycles. The number of likely N-dealkylation sites (tertiary alicyclic amines) is 1. The predicted molar refractivity (Wildman–Crippen MR) is 65.7 cm³/mol. The average molecular weight is 217 g/mol. The van der Waals surface area contributed by atoms with E-state index in [0.717, 1.165) is 24.6 Å². The first-order chi connectivity index (χ1) is 7.65. The summed E-state index contributed by atoms with van der Waals surface area (Å²) < 4.78 is 0. The Morgan fingerprint density at radius 2 is 2.06 bits per heavy atom. The van der Waals surface area contributed by atoms with Crippen LogP contribution in [0.25, 0.3) is 0 Å². The average Bonchev–Trinajstić information content (AvgIpc) is 2.65. The maximum absolute atomic E-state index is 12.0. The third-order valence-electron chi connectivity index (χ3n) is 3.25. The molecule has 0 bridgehead atoms. The Kier molecular flexibility index (Phi) is 3.39. The van der Waals surface area contributed by atoms with Gasteiger partial charge in [0.05, 0.1) is 6.54 Å². The molecule has 0 N–H and O–H groups in total. The highest BCUT2D eigenvalue weighted by Crippen LogP contribution is 2.15. The Balaban J connectivity index is 1.95. The van der Waals surface area contributed by atoms with Crippen LogP contribution in [0.4, 0.5) is 0 Å². The van der Waals surface area contributed by atoms with E-state index in [1.165, 1.54) is 12.0 Å². The van der Waals surface area contributed by atoms with Gasteiger partial charge in [0.15, 0.2) is 5.78 Å². The third-order valence-corrected chi connectivity index (χ3v) is 3.25. The number of carbonyl (C=O) groups is 1. The minimum absolute atomic E-state index is 0.245. The number of aryl methyl sites for hydroxylation is 1. The van der Waals surface area contributed by atoms with Gasteiger partial charge in [-0.25, -0.2) is 0 Å². The van der Waals surface area contributed by atoms with E-state index < -0.39 is 0 Å². The van der Waals surface area contributed by atoms with Crippen LogP contribution in [0.5, 0.6) is 0 Å². The first kappa shape index (κ1) is 11.3. The summed E-state index contributed by atoms with van der Waals surface area (Å²) in [5.74, 6) is 0.986. The quantitative estimate of drug-likeness (QED) is 0.725. The van der Waals surface area contributed by atoms with Gasteiger partial charge in [0.25, 0.3) is 0 Å². The Morgan fingerprint density at radius 1 is 1.38 bits per heavy atom. The summed E-state index contributed by atoms with van der Waals surface area (Å²) in [5, 5.41) is 0. The van der Waals surface area contributed by atoms with Gasteiger partial charge in [-0.05, 0) is 25.8 Å². The van der Waals surface area contributed by atoms with Crippen molar-refractivity contribution in [2.45, 2.75) is 20.3 Å². The number of hydrogen-bond donors (Lipinski definition) is 0. The lowest BCUT2D eigenvalue weighted by Gasteiger charge is -2.13. The highest BCUT2D eigenvalue weighted by molar-refractivity contribution is 5.97. The Morgan fingerprint density at radius 3 is 2.62 bits per heavy atom. The summed E-state index contributed by atoms with van der Waals surface area (Å²) in [6.45, 7) is 7.00. The van der Waals surface area contributed by atoms with E-state index in [0.29, 0.717) is 6.54 Å². The molecule has 1 saturated heterocycles. The summed E-state index contributed by atoms with van der Waals surface area (Å²) in [6, 6.07) is 7.86. The summed E-state index contributed by atoms with van der Waals surface area (Å²) in [7, 11) is 0. The fourth-order valence-corrected chi connectivity index (χ4v) is 2.20. The van der Waals surface area contributed by atoms with Gasteiger partial charge in [-0.15, -0.1) is 0 Å². The first-order valence-corrected chi connectivity index (χ1v) is 5.97. The van der Waals surface area contributed by atoms with Crippen LogP contribution < -0.4 is 0 Å². The van der Waals surface area contributed by atoms with Gasteiger partial charge in [0, 0.05) is 12.1 Å². The molecular weight excluding hydrogens is 198 g/mol. The molecule has 0 radical (unpaired) electrons. The Bertz CT molecular complexity index is 369. The maximum atomic E-state index is 12.0. The van der Waals surface area contributed by atoms with Crippen LogP contribution >= 0.6 is 0 Å². The third kappa shape index (κ3) is 2.70. The van der Waals surface area contributed by atoms with E-state index in [1.807, 2.05) is 31.2 Å². The van der Waals surface area contributed by atoms with Gasteiger partial charge in [-0.3, -0.25) is 9.69 Å². The molecule has 86 valence electrons. The van der Waals surface area contributed by atoms with Crippen molar-refractivity contribution >= 4 is 5.78 Å². The number of nitrogens with zero attached hydrogens (tertiary/aromatic N) is 1. The lowest BCUT2D eigenvalue weighted by molar-refractivity contribution is 0.0944. The molecular formula is C14H19NO. The van der Waals surface area contributed by atoms with E-state index in [4.69, 9.17) is 0 Å². The van der Waals surface area contributed by atoms with Gasteiger partial charge in [0.2, 0.25) is 0 Å². The molecule has 2 rings (SSSR count). The van der Waals surface area contributed by atoms with Crippen molar-refractivity contribution in [2.24, 2.45) is 5.92 Å². The first-order valence-electron chi connectivity index (χ1n) is 5.97. The SMILES string of the molecule is Cc1ccc(C(=O)CN2CCC(C)C2)cc1. The van der Waals surface area contributed by atoms with Gasteiger partial charge in [0.1, 0.15) is 0 Å². The van der Waals surface area contributed by atoms with Crippen molar-refractivity contribution < 1.29 is 4.79 Å². The molecule has 1 aromatic carbocycles. The van der Waals surface area contributed by atoms with Crippen molar-refractivity contribution in [2.75, 3.05) is 19.6 Å². The molecule has 1 unspecified atom stereocenters. The largest absolute Gasteiger partial charge is 0.296 e. The maximum Gasteiger partial charge on any atom is 0.176 e. The normalized spacial score (nSPS) is 21.2. The van der Waals surface area contributed by atoms with E-state index in [2.05, 4.69) is 11.8 Å². The van der Waals surface area contributed by atoms with Crippen molar-refractivity contribution in [1.29, 1.82) is 0 Å². The van der Waals surface area contributed by atoms with Crippen molar-refractivity contribution in [1.82, 2.24) is 4.90 Å². The van der Waals surface area contributed by atoms with Crippen LogP contribution in [0.2, 0.25) is 0 Å². The number of hydrogen-bond acceptors (Lipinski definition) is 2. The molecule has 16 heavy (non-hydrogen) atoms. The predicted octanol–water partition coefficient (Wildman–Crippen LogP) is 2.52. The van der Waals surface area contributed by atoms with Crippen molar-refractivity contribution in [3.05, 3.63) is 35.4 Å². The monoisotopic (exact) mass is 217 g/mol. The van der Waals surface area contributed by atoms with Crippen LogP contribution in [-0.4, -0.2) is 30.3 Å². The molecule has 1 aromatic rings. The number of carbonyl (C=O) groups excluding carboxylic acids is 1. The molecule has 1 atom stereocenters. The molecule has 0 aliphatic carbocycles. The number of ketones is 1. The molecule has 1 heterocycles. The second-order valence-electron chi connectivity index (χ2n) is 4.92. The second kappa shape index (κ2) is 4.79. The Labute approximate surface area is 97.3 Å². The topological polar surface area (TPSA) is 20.3 Å². The summed E-state index contributed by atoms with van der Waals surface area (Å²) >= 11 is 0. The zero-order chi connectivity index (χ0) is 11.5. The molecule has 1 fully saturated rings. The fourth-order valence-electron chi connectivity index (χ4n) is 2.20. The highest BCUT2D eigenvalue weighted by atomic mass is 16.1. The van der Waals surface area contributed by atoms with E-state index >= 15 is 0 Å². The minimum Gasteiger partial charge on any atom is -0.296 e. The lowest BCUT2D eigenvalue weighted by atomic mass is 10.1. The molecule has 0 amide bonds. The van der Waals surface area contributed by atoms with Crippen LogP contribution in [-0.2, 0) is 0 Å². The van der Waals surface area contributed by atoms with E-state index in [-0.39, 0.29) is 5.78 Å². The van der Waals surface area contributed by atoms with Gasteiger partial charge >= 0.3 is 0 Å². The summed E-state index contributed by atoms with van der Waals surface area (Å²) in [5.41, 5.74) is 2.04.